The highest BCUT2D eigenvalue weighted by molar-refractivity contribution is 6.30. The van der Waals surface area contributed by atoms with Crippen LogP contribution in [0.3, 0.4) is 0 Å². The van der Waals surface area contributed by atoms with Crippen LogP contribution < -0.4 is 5.32 Å². The van der Waals surface area contributed by atoms with Crippen LogP contribution in [0.25, 0.3) is 0 Å². The van der Waals surface area contributed by atoms with Crippen LogP contribution in [0.15, 0.2) is 18.2 Å². The number of carbonyl (C=O) groups is 1. The fourth-order valence-electron chi connectivity index (χ4n) is 1.82. The summed E-state index contributed by atoms with van der Waals surface area (Å²) in [6.07, 6.45) is 1.99. The van der Waals surface area contributed by atoms with Crippen molar-refractivity contribution < 1.29 is 9.18 Å². The van der Waals surface area contributed by atoms with Gasteiger partial charge in [0.05, 0.1) is 5.54 Å². The Bertz CT molecular complexity index is 429. The number of rotatable bonds is 3. The molecule has 2 rings (SSSR count). The first-order valence-electron chi connectivity index (χ1n) is 5.34. The highest BCUT2D eigenvalue weighted by atomic mass is 35.5. The zero-order valence-corrected chi connectivity index (χ0v) is 9.77. The average Bonchev–Trinajstić information content (AvgIpc) is 2.98. The minimum Gasteiger partial charge on any atom is -0.346 e. The molecule has 86 valence electrons. The largest absolute Gasteiger partial charge is 0.346 e. The van der Waals surface area contributed by atoms with Crippen LogP contribution in [-0.4, -0.2) is 5.91 Å². The molecule has 0 aliphatic heterocycles. The maximum Gasteiger partial charge on any atom is 0.220 e. The molecule has 0 radical (unpaired) electrons. The lowest BCUT2D eigenvalue weighted by Crippen LogP contribution is -2.34. The molecule has 1 aliphatic carbocycles. The molecule has 0 aromatic heterocycles. The van der Waals surface area contributed by atoms with Crippen LogP contribution in [0.2, 0.25) is 5.02 Å². The number of hydrogen-bond acceptors (Lipinski definition) is 1. The van der Waals surface area contributed by atoms with Gasteiger partial charge in [-0.05, 0) is 25.0 Å². The quantitative estimate of drug-likeness (QED) is 0.866. The lowest BCUT2D eigenvalue weighted by molar-refractivity contribution is -0.121. The van der Waals surface area contributed by atoms with Crippen molar-refractivity contribution in [3.63, 3.8) is 0 Å². The van der Waals surface area contributed by atoms with E-state index in [1.165, 1.54) is 6.07 Å². The topological polar surface area (TPSA) is 29.1 Å². The molecule has 0 atom stereocenters. The molecule has 1 aromatic carbocycles. The second-order valence-electron chi connectivity index (χ2n) is 4.11. The Morgan fingerprint density at radius 3 is 2.75 bits per heavy atom. The molecule has 1 saturated carbocycles. The van der Waals surface area contributed by atoms with Crippen molar-refractivity contribution in [2.24, 2.45) is 0 Å². The third-order valence-corrected chi connectivity index (χ3v) is 3.13. The Labute approximate surface area is 98.8 Å². The summed E-state index contributed by atoms with van der Waals surface area (Å²) in [7, 11) is 0. The molecule has 0 bridgehead atoms. The Hall–Kier alpha value is -1.09. The highest BCUT2D eigenvalue weighted by Gasteiger charge is 2.47. The first kappa shape index (κ1) is 11.4. The van der Waals surface area contributed by atoms with E-state index < -0.39 is 5.54 Å². The summed E-state index contributed by atoms with van der Waals surface area (Å²) in [5.41, 5.74) is 0.0561. The Morgan fingerprint density at radius 2 is 2.25 bits per heavy atom. The zero-order valence-electron chi connectivity index (χ0n) is 9.02. The standard InChI is InChI=1S/C12H13ClFNO/c1-2-11(16)15-12(5-6-12)9-4-3-8(13)7-10(9)14/h3-4,7H,2,5-6H2,1H3,(H,15,16). The SMILES string of the molecule is CCC(=O)NC1(c2ccc(Cl)cc2F)CC1. The van der Waals surface area contributed by atoms with E-state index in [1.807, 2.05) is 0 Å². The van der Waals surface area contributed by atoms with Crippen molar-refractivity contribution in [3.8, 4) is 0 Å². The molecule has 16 heavy (non-hydrogen) atoms. The van der Waals surface area contributed by atoms with Crippen molar-refractivity contribution >= 4 is 17.5 Å². The van der Waals surface area contributed by atoms with Crippen molar-refractivity contribution in [2.45, 2.75) is 31.7 Å². The molecule has 0 unspecified atom stereocenters. The summed E-state index contributed by atoms with van der Waals surface area (Å²) in [5, 5.41) is 3.25. The van der Waals surface area contributed by atoms with Crippen LogP contribution >= 0.6 is 11.6 Å². The number of amides is 1. The van der Waals surface area contributed by atoms with E-state index in [1.54, 1.807) is 19.1 Å². The van der Waals surface area contributed by atoms with Gasteiger partial charge in [-0.1, -0.05) is 24.6 Å². The summed E-state index contributed by atoms with van der Waals surface area (Å²) in [6, 6.07) is 4.59. The van der Waals surface area contributed by atoms with Gasteiger partial charge in [-0.2, -0.15) is 0 Å². The van der Waals surface area contributed by atoms with Crippen LogP contribution in [0.4, 0.5) is 4.39 Å². The molecular formula is C12H13ClFNO. The van der Waals surface area contributed by atoms with Crippen LogP contribution in [-0.2, 0) is 10.3 Å². The fourth-order valence-corrected chi connectivity index (χ4v) is 1.98. The summed E-state index contributed by atoms with van der Waals surface area (Å²) in [5.74, 6) is -0.395. The van der Waals surface area contributed by atoms with Crippen molar-refractivity contribution in [1.29, 1.82) is 0 Å². The third kappa shape index (κ3) is 2.05. The number of carbonyl (C=O) groups excluding carboxylic acids is 1. The lowest BCUT2D eigenvalue weighted by Gasteiger charge is -2.18. The molecule has 1 aliphatic rings. The maximum atomic E-state index is 13.7. The Morgan fingerprint density at radius 1 is 1.56 bits per heavy atom. The molecule has 0 heterocycles. The lowest BCUT2D eigenvalue weighted by atomic mass is 10.0. The molecule has 0 saturated heterocycles. The number of benzene rings is 1. The van der Waals surface area contributed by atoms with Crippen molar-refractivity contribution in [1.82, 2.24) is 5.32 Å². The second kappa shape index (κ2) is 4.06. The van der Waals surface area contributed by atoms with Gasteiger partial charge in [0.15, 0.2) is 0 Å². The molecule has 2 nitrogen and oxygen atoms in total. The van der Waals surface area contributed by atoms with Gasteiger partial charge in [-0.3, -0.25) is 4.79 Å². The molecule has 1 aromatic rings. The van der Waals surface area contributed by atoms with E-state index in [-0.39, 0.29) is 11.7 Å². The third-order valence-electron chi connectivity index (χ3n) is 2.90. The number of halogens is 2. The number of hydrogen-bond donors (Lipinski definition) is 1. The normalized spacial score (nSPS) is 16.9. The van der Waals surface area contributed by atoms with Gasteiger partial charge >= 0.3 is 0 Å². The first-order chi connectivity index (χ1) is 7.57. The van der Waals surface area contributed by atoms with Gasteiger partial charge in [-0.25, -0.2) is 4.39 Å². The first-order valence-corrected chi connectivity index (χ1v) is 5.72. The van der Waals surface area contributed by atoms with E-state index in [2.05, 4.69) is 5.32 Å². The molecule has 1 N–H and O–H groups in total. The van der Waals surface area contributed by atoms with Crippen molar-refractivity contribution in [3.05, 3.63) is 34.6 Å². The van der Waals surface area contributed by atoms with Gasteiger partial charge in [0.2, 0.25) is 5.91 Å². The molecule has 4 heteroatoms. The molecule has 0 spiro atoms. The van der Waals surface area contributed by atoms with E-state index in [0.717, 1.165) is 12.8 Å². The predicted molar refractivity (Wildman–Crippen MR) is 60.8 cm³/mol. The van der Waals surface area contributed by atoms with E-state index in [4.69, 9.17) is 11.6 Å². The Kier molecular flexibility index (Phi) is 2.89. The number of nitrogens with one attached hydrogen (secondary N) is 1. The van der Waals surface area contributed by atoms with E-state index in [9.17, 15) is 9.18 Å². The van der Waals surface area contributed by atoms with E-state index in [0.29, 0.717) is 17.0 Å². The summed E-state index contributed by atoms with van der Waals surface area (Å²) in [4.78, 5) is 11.4. The molecular weight excluding hydrogens is 229 g/mol. The monoisotopic (exact) mass is 241 g/mol. The summed E-state index contributed by atoms with van der Waals surface area (Å²) < 4.78 is 13.7. The highest BCUT2D eigenvalue weighted by Crippen LogP contribution is 2.46. The predicted octanol–water partition coefficient (Wildman–Crippen LogP) is 2.99. The zero-order chi connectivity index (χ0) is 11.8. The van der Waals surface area contributed by atoms with Crippen LogP contribution in [0.1, 0.15) is 31.7 Å². The van der Waals surface area contributed by atoms with Gasteiger partial charge in [0, 0.05) is 17.0 Å². The Balaban J connectivity index is 2.26. The fraction of sp³-hybridized carbons (Fsp3) is 0.417. The minimum absolute atomic E-state index is 0.0492. The average molecular weight is 242 g/mol. The van der Waals surface area contributed by atoms with Gasteiger partial charge in [0.25, 0.3) is 0 Å². The maximum absolute atomic E-state index is 13.7. The van der Waals surface area contributed by atoms with Gasteiger partial charge in [-0.15, -0.1) is 0 Å². The van der Waals surface area contributed by atoms with Crippen LogP contribution in [0, 0.1) is 5.82 Å². The van der Waals surface area contributed by atoms with Gasteiger partial charge in [0.1, 0.15) is 5.82 Å². The van der Waals surface area contributed by atoms with E-state index >= 15 is 0 Å². The smallest absolute Gasteiger partial charge is 0.220 e. The summed E-state index contributed by atoms with van der Waals surface area (Å²) in [6.45, 7) is 1.78. The second-order valence-corrected chi connectivity index (χ2v) is 4.54. The summed E-state index contributed by atoms with van der Waals surface area (Å²) >= 11 is 5.69. The van der Waals surface area contributed by atoms with Crippen molar-refractivity contribution in [2.75, 3.05) is 0 Å². The molecule has 1 amide bonds. The van der Waals surface area contributed by atoms with Crippen LogP contribution in [0.5, 0.6) is 0 Å². The minimum atomic E-state index is -0.484. The van der Waals surface area contributed by atoms with Gasteiger partial charge < -0.3 is 5.32 Å². The molecule has 1 fully saturated rings.